The molecule has 1 fully saturated rings. The summed E-state index contributed by atoms with van der Waals surface area (Å²) in [7, 11) is 7.81. The quantitative estimate of drug-likeness (QED) is 0.684. The van der Waals surface area contributed by atoms with Crippen LogP contribution >= 0.6 is 0 Å². The Kier molecular flexibility index (Phi) is 23.3. The maximum absolute atomic E-state index is 3.69. The summed E-state index contributed by atoms with van der Waals surface area (Å²) >= 11 is 0. The van der Waals surface area contributed by atoms with E-state index >= 15 is 0 Å². The van der Waals surface area contributed by atoms with E-state index in [0.717, 1.165) is 5.92 Å². The van der Waals surface area contributed by atoms with Gasteiger partial charge in [-0.1, -0.05) is 25.7 Å². The summed E-state index contributed by atoms with van der Waals surface area (Å²) in [6, 6.07) is 0. The Morgan fingerprint density at radius 1 is 1.06 bits per heavy atom. The molecule has 0 aromatic carbocycles. The van der Waals surface area contributed by atoms with Crippen LogP contribution in [-0.4, -0.2) is 46.3 Å². The number of nitrogens with zero attached hydrogens (tertiary/aromatic N) is 3. The molecule has 3 nitrogen and oxygen atoms in total. The molecule has 1 aliphatic rings. The van der Waals surface area contributed by atoms with Crippen molar-refractivity contribution in [1.82, 2.24) is 4.90 Å². The zero-order chi connectivity index (χ0) is 11.5. The molecule has 17 heavy (non-hydrogen) atoms. The number of rotatable bonds is 5. The average molecular weight is 367 g/mol. The van der Waals surface area contributed by atoms with Crippen molar-refractivity contribution in [3.8, 4) is 0 Å². The van der Waals surface area contributed by atoms with Gasteiger partial charge in [-0.25, -0.2) is 0 Å². The predicted molar refractivity (Wildman–Crippen MR) is 75.0 cm³/mol. The molecule has 1 radical (unpaired) electrons. The number of hydrogen-bond donors (Lipinski definition) is 0. The third-order valence-electron chi connectivity index (χ3n) is 2.74. The van der Waals surface area contributed by atoms with Crippen molar-refractivity contribution in [1.29, 1.82) is 0 Å². The van der Waals surface area contributed by atoms with E-state index in [0.29, 0.717) is 6.67 Å². The Bertz CT molecular complexity index is 124. The molecule has 1 aliphatic carbocycles. The van der Waals surface area contributed by atoms with E-state index < -0.39 is 0 Å². The summed E-state index contributed by atoms with van der Waals surface area (Å²) in [4.78, 5) is 2.29. The minimum Gasteiger partial charge on any atom is -0.683 e. The topological polar surface area (TPSA) is 31.4 Å². The van der Waals surface area contributed by atoms with Gasteiger partial charge in [-0.2, -0.15) is 14.1 Å². The zero-order valence-corrected chi connectivity index (χ0v) is 16.1. The summed E-state index contributed by atoms with van der Waals surface area (Å²) < 4.78 is 0. The van der Waals surface area contributed by atoms with Crippen LogP contribution in [0.5, 0.6) is 0 Å². The van der Waals surface area contributed by atoms with Gasteiger partial charge >= 0.3 is 0 Å². The van der Waals surface area contributed by atoms with Crippen molar-refractivity contribution >= 4 is 0 Å². The van der Waals surface area contributed by atoms with E-state index in [1.165, 1.54) is 38.6 Å². The van der Waals surface area contributed by atoms with Crippen molar-refractivity contribution in [3.05, 3.63) is 18.1 Å². The molecular formula is C13H30LaN3-3. The second kappa shape index (κ2) is 17.1. The fourth-order valence-electron chi connectivity index (χ4n) is 1.88. The van der Waals surface area contributed by atoms with Crippen molar-refractivity contribution < 1.29 is 35.6 Å². The van der Waals surface area contributed by atoms with Crippen LogP contribution in [0.2, 0.25) is 0 Å². The monoisotopic (exact) mass is 367 g/mol. The van der Waals surface area contributed by atoms with E-state index in [1.807, 2.05) is 0 Å². The summed E-state index contributed by atoms with van der Waals surface area (Å²) in [5.74, 6) is 1.06. The van der Waals surface area contributed by atoms with Crippen molar-refractivity contribution in [3.63, 3.8) is 0 Å². The van der Waals surface area contributed by atoms with Gasteiger partial charge in [0.1, 0.15) is 0 Å². The van der Waals surface area contributed by atoms with E-state index in [2.05, 4.69) is 29.6 Å². The largest absolute Gasteiger partial charge is 0.683 e. The van der Waals surface area contributed by atoms with Gasteiger partial charge in [-0.15, -0.1) is 0 Å². The van der Waals surface area contributed by atoms with Crippen LogP contribution < -0.4 is 0 Å². The van der Waals surface area contributed by atoms with Crippen molar-refractivity contribution in [2.45, 2.75) is 32.1 Å². The van der Waals surface area contributed by atoms with Crippen molar-refractivity contribution in [2.75, 3.05) is 41.4 Å². The first-order valence-electron chi connectivity index (χ1n) is 5.96. The van der Waals surface area contributed by atoms with E-state index in [1.54, 1.807) is 14.1 Å². The average Bonchev–Trinajstić information content (AvgIpc) is 2.69. The first kappa shape index (κ1) is 23.2. The normalized spacial score (nSPS) is 14.6. The molecule has 0 spiro atoms. The maximum atomic E-state index is 3.69. The van der Waals surface area contributed by atoms with Gasteiger partial charge in [-0.05, 0) is 33.0 Å². The fraction of sp³-hybridized carbons (Fsp3) is 0.923. The first-order valence-corrected chi connectivity index (χ1v) is 5.96. The Hall–Kier alpha value is 1.07. The third kappa shape index (κ3) is 17.1. The van der Waals surface area contributed by atoms with E-state index in [4.69, 9.17) is 0 Å². The van der Waals surface area contributed by atoms with Crippen LogP contribution in [0.3, 0.4) is 0 Å². The van der Waals surface area contributed by atoms with Crippen LogP contribution in [0.1, 0.15) is 32.1 Å². The molecule has 0 amide bonds. The van der Waals surface area contributed by atoms with Gasteiger partial charge in [0.15, 0.2) is 0 Å². The Labute approximate surface area is 137 Å². The van der Waals surface area contributed by atoms with Crippen LogP contribution in [0.25, 0.3) is 10.6 Å². The molecule has 0 unspecified atom stereocenters. The molecule has 0 saturated heterocycles. The van der Waals surface area contributed by atoms with E-state index in [-0.39, 0.29) is 43.0 Å². The van der Waals surface area contributed by atoms with Gasteiger partial charge in [-0.3, -0.25) is 6.67 Å². The maximum Gasteiger partial charge on any atom is 0 e. The Morgan fingerprint density at radius 2 is 1.53 bits per heavy atom. The fourth-order valence-corrected chi connectivity index (χ4v) is 1.88. The SMILES string of the molecule is CN(C)CCC1CCCC1.C[N-]C[N-]C.[CH3-].[La]. The standard InChI is InChI=1S/C9H19N.C3H8N2.CH3.La/c1-10(2)8-7-9-5-3-4-6-9;1-4-3-5-2;;/h9H,3-8H2,1-2H3;3H2,1-2H3;1H3;/q;-2;-1;. The van der Waals surface area contributed by atoms with Crippen LogP contribution in [0, 0.1) is 48.9 Å². The van der Waals surface area contributed by atoms with Gasteiger partial charge in [0.25, 0.3) is 0 Å². The summed E-state index contributed by atoms with van der Waals surface area (Å²) in [6.07, 6.45) is 7.38. The molecule has 4 heteroatoms. The Balaban J connectivity index is -0.000000247. The van der Waals surface area contributed by atoms with Gasteiger partial charge in [0.05, 0.1) is 0 Å². The van der Waals surface area contributed by atoms with Crippen molar-refractivity contribution in [2.24, 2.45) is 5.92 Å². The summed E-state index contributed by atoms with van der Waals surface area (Å²) in [5.41, 5.74) is 0. The molecule has 0 bridgehead atoms. The van der Waals surface area contributed by atoms with Gasteiger partial charge in [0.2, 0.25) is 0 Å². The minimum absolute atomic E-state index is 0. The number of hydrogen-bond acceptors (Lipinski definition) is 1. The zero-order valence-electron chi connectivity index (χ0n) is 12.4. The molecule has 103 valence electrons. The van der Waals surface area contributed by atoms with Gasteiger partial charge in [0, 0.05) is 35.6 Å². The second-order valence-corrected chi connectivity index (χ2v) is 4.52. The smallest absolute Gasteiger partial charge is 0 e. The first-order chi connectivity index (χ1) is 7.20. The Morgan fingerprint density at radius 3 is 1.82 bits per heavy atom. The molecular weight excluding hydrogens is 337 g/mol. The minimum atomic E-state index is 0. The molecule has 0 atom stereocenters. The third-order valence-corrected chi connectivity index (χ3v) is 2.74. The van der Waals surface area contributed by atoms with Gasteiger partial charge < -0.3 is 23.0 Å². The summed E-state index contributed by atoms with van der Waals surface area (Å²) in [6.45, 7) is 1.92. The molecule has 0 N–H and O–H groups in total. The van der Waals surface area contributed by atoms with Crippen LogP contribution in [0.4, 0.5) is 0 Å². The second-order valence-electron chi connectivity index (χ2n) is 4.52. The molecule has 0 heterocycles. The predicted octanol–water partition coefficient (Wildman–Crippen LogP) is 3.53. The summed E-state index contributed by atoms with van der Waals surface area (Å²) in [5, 5.41) is 7.38. The molecule has 0 aromatic heterocycles. The molecule has 0 aromatic rings. The van der Waals surface area contributed by atoms with Crippen LogP contribution in [-0.2, 0) is 0 Å². The van der Waals surface area contributed by atoms with E-state index in [9.17, 15) is 0 Å². The van der Waals surface area contributed by atoms with Crippen LogP contribution in [0.15, 0.2) is 0 Å². The molecule has 1 saturated carbocycles. The molecule has 1 rings (SSSR count). The molecule has 0 aliphatic heterocycles.